The highest BCUT2D eigenvalue weighted by molar-refractivity contribution is 5.94. The molecular formula is C21H20F2N6O. The second-order valence-electron chi connectivity index (χ2n) is 7.13. The number of rotatable bonds is 5. The summed E-state index contributed by atoms with van der Waals surface area (Å²) in [4.78, 5) is 30.9. The number of likely N-dealkylation sites (tertiary alicyclic amines) is 1. The first-order valence-corrected chi connectivity index (χ1v) is 9.68. The van der Waals surface area contributed by atoms with Gasteiger partial charge in [-0.25, -0.2) is 28.7 Å². The molecule has 3 aromatic rings. The van der Waals surface area contributed by atoms with Crippen molar-refractivity contribution in [1.82, 2.24) is 24.8 Å². The lowest BCUT2D eigenvalue weighted by Crippen LogP contribution is -2.39. The van der Waals surface area contributed by atoms with Crippen molar-refractivity contribution in [2.75, 3.05) is 18.4 Å². The molecule has 4 rings (SSSR count). The van der Waals surface area contributed by atoms with Gasteiger partial charge in [-0.3, -0.25) is 4.79 Å². The minimum absolute atomic E-state index is 0.219. The van der Waals surface area contributed by atoms with E-state index in [1.165, 1.54) is 18.5 Å². The van der Waals surface area contributed by atoms with Gasteiger partial charge in [0.1, 0.15) is 12.1 Å². The van der Waals surface area contributed by atoms with Gasteiger partial charge in [0.25, 0.3) is 5.91 Å². The Balaban J connectivity index is 1.34. The molecule has 0 atom stereocenters. The molecule has 154 valence electrons. The van der Waals surface area contributed by atoms with Crippen molar-refractivity contribution < 1.29 is 13.6 Å². The molecule has 0 unspecified atom stereocenters. The zero-order chi connectivity index (χ0) is 20.9. The molecule has 1 aromatic carbocycles. The Morgan fingerprint density at radius 1 is 1.07 bits per heavy atom. The molecule has 7 nitrogen and oxygen atoms in total. The van der Waals surface area contributed by atoms with Gasteiger partial charge in [0.2, 0.25) is 5.95 Å². The number of nitrogens with one attached hydrogen (secondary N) is 1. The van der Waals surface area contributed by atoms with Crippen LogP contribution < -0.4 is 5.32 Å². The Hall–Kier alpha value is -3.49. The van der Waals surface area contributed by atoms with Crippen LogP contribution in [0.15, 0.2) is 49.1 Å². The van der Waals surface area contributed by atoms with Crippen molar-refractivity contribution in [2.45, 2.75) is 19.3 Å². The van der Waals surface area contributed by atoms with Crippen LogP contribution in [0.5, 0.6) is 0 Å². The smallest absolute Gasteiger partial charge is 0.256 e. The Labute approximate surface area is 172 Å². The van der Waals surface area contributed by atoms with Crippen LogP contribution in [-0.2, 0) is 6.42 Å². The first kappa shape index (κ1) is 19.8. The fourth-order valence-electron chi connectivity index (χ4n) is 3.53. The molecule has 0 aliphatic carbocycles. The third kappa shape index (κ3) is 4.56. The number of hydrogen-bond donors (Lipinski definition) is 1. The topological polar surface area (TPSA) is 83.9 Å². The van der Waals surface area contributed by atoms with Crippen LogP contribution in [0.25, 0.3) is 0 Å². The van der Waals surface area contributed by atoms with Crippen LogP contribution in [-0.4, -0.2) is 43.8 Å². The first-order valence-electron chi connectivity index (χ1n) is 9.68. The van der Waals surface area contributed by atoms with Crippen LogP contribution in [0.3, 0.4) is 0 Å². The summed E-state index contributed by atoms with van der Waals surface area (Å²) in [7, 11) is 0. The summed E-state index contributed by atoms with van der Waals surface area (Å²) in [6.45, 7) is 0.987. The summed E-state index contributed by atoms with van der Waals surface area (Å²) in [5, 5.41) is 3.04. The summed E-state index contributed by atoms with van der Waals surface area (Å²) >= 11 is 0. The van der Waals surface area contributed by atoms with Crippen LogP contribution in [0.4, 0.5) is 20.5 Å². The summed E-state index contributed by atoms with van der Waals surface area (Å²) in [5.74, 6) is -1.17. The summed E-state index contributed by atoms with van der Waals surface area (Å²) in [6, 6.07) is 7.26. The third-order valence-electron chi connectivity index (χ3n) is 5.11. The molecule has 2 aromatic heterocycles. The van der Waals surface area contributed by atoms with Gasteiger partial charge in [-0.1, -0.05) is 6.07 Å². The van der Waals surface area contributed by atoms with E-state index in [-0.39, 0.29) is 5.56 Å². The average Bonchev–Trinajstić information content (AvgIpc) is 2.77. The fraction of sp³-hybridized carbons (Fsp3) is 0.286. The standard InChI is InChI=1S/C21H20F2N6O/c22-17-4-1-3-16(19(17)23)20(30)29-9-5-14(6-10-29)11-15-12-18(27-13-26-15)28-21-24-7-2-8-25-21/h1-4,7-8,12-14H,5-6,9-11H2,(H,24,25,26,27,28). The molecule has 1 fully saturated rings. The minimum Gasteiger partial charge on any atom is -0.339 e. The van der Waals surface area contributed by atoms with Gasteiger partial charge in [-0.05, 0) is 43.4 Å². The molecule has 30 heavy (non-hydrogen) atoms. The zero-order valence-electron chi connectivity index (χ0n) is 16.1. The number of anilines is 2. The van der Waals surface area contributed by atoms with Gasteiger partial charge in [0.05, 0.1) is 5.56 Å². The molecular weight excluding hydrogens is 390 g/mol. The van der Waals surface area contributed by atoms with Gasteiger partial charge in [0, 0.05) is 37.2 Å². The molecule has 1 aliphatic rings. The van der Waals surface area contributed by atoms with Crippen LogP contribution in [0, 0.1) is 17.6 Å². The lowest BCUT2D eigenvalue weighted by molar-refractivity contribution is 0.0684. The van der Waals surface area contributed by atoms with E-state index in [4.69, 9.17) is 0 Å². The van der Waals surface area contributed by atoms with E-state index in [0.29, 0.717) is 30.8 Å². The van der Waals surface area contributed by atoms with E-state index in [2.05, 4.69) is 25.3 Å². The normalized spacial score (nSPS) is 14.5. The van der Waals surface area contributed by atoms with Crippen molar-refractivity contribution >= 4 is 17.7 Å². The molecule has 1 N–H and O–H groups in total. The SMILES string of the molecule is O=C(c1cccc(F)c1F)N1CCC(Cc2cc(Nc3ncccn3)ncn2)CC1. The van der Waals surface area contributed by atoms with E-state index in [1.807, 2.05) is 6.07 Å². The largest absolute Gasteiger partial charge is 0.339 e. The number of piperidine rings is 1. The highest BCUT2D eigenvalue weighted by Gasteiger charge is 2.26. The van der Waals surface area contributed by atoms with Gasteiger partial charge >= 0.3 is 0 Å². The lowest BCUT2D eigenvalue weighted by atomic mass is 9.91. The van der Waals surface area contributed by atoms with Crippen LogP contribution in [0.2, 0.25) is 0 Å². The number of halogens is 2. The van der Waals surface area contributed by atoms with Crippen molar-refractivity contribution in [3.8, 4) is 0 Å². The fourth-order valence-corrected chi connectivity index (χ4v) is 3.53. The van der Waals surface area contributed by atoms with E-state index >= 15 is 0 Å². The van der Waals surface area contributed by atoms with Gasteiger partial charge in [-0.2, -0.15) is 0 Å². The molecule has 1 aliphatic heterocycles. The Morgan fingerprint density at radius 3 is 2.60 bits per heavy atom. The summed E-state index contributed by atoms with van der Waals surface area (Å²) < 4.78 is 27.3. The quantitative estimate of drug-likeness (QED) is 0.694. The van der Waals surface area contributed by atoms with E-state index in [1.54, 1.807) is 23.4 Å². The van der Waals surface area contributed by atoms with Crippen LogP contribution in [0.1, 0.15) is 28.9 Å². The second kappa shape index (κ2) is 8.89. The number of amides is 1. The van der Waals surface area contributed by atoms with E-state index in [0.717, 1.165) is 31.0 Å². The van der Waals surface area contributed by atoms with Gasteiger partial charge in [0.15, 0.2) is 11.6 Å². The highest BCUT2D eigenvalue weighted by atomic mass is 19.2. The number of carbonyl (C=O) groups is 1. The molecule has 0 spiro atoms. The predicted octanol–water partition coefficient (Wildman–Crippen LogP) is 3.38. The predicted molar refractivity (Wildman–Crippen MR) is 106 cm³/mol. The number of hydrogen-bond acceptors (Lipinski definition) is 6. The van der Waals surface area contributed by atoms with Gasteiger partial charge < -0.3 is 10.2 Å². The molecule has 0 radical (unpaired) electrons. The van der Waals surface area contributed by atoms with E-state index < -0.39 is 17.5 Å². The van der Waals surface area contributed by atoms with E-state index in [9.17, 15) is 13.6 Å². The van der Waals surface area contributed by atoms with Crippen molar-refractivity contribution in [3.63, 3.8) is 0 Å². The molecule has 9 heteroatoms. The van der Waals surface area contributed by atoms with Crippen molar-refractivity contribution in [3.05, 3.63) is 71.9 Å². The van der Waals surface area contributed by atoms with Crippen LogP contribution >= 0.6 is 0 Å². The zero-order valence-corrected chi connectivity index (χ0v) is 16.1. The highest BCUT2D eigenvalue weighted by Crippen LogP contribution is 2.24. The average molecular weight is 410 g/mol. The molecule has 1 amide bonds. The van der Waals surface area contributed by atoms with Crippen molar-refractivity contribution in [2.24, 2.45) is 5.92 Å². The molecule has 0 bridgehead atoms. The molecule has 0 saturated carbocycles. The third-order valence-corrected chi connectivity index (χ3v) is 5.11. The monoisotopic (exact) mass is 410 g/mol. The maximum absolute atomic E-state index is 13.9. The number of nitrogens with zero attached hydrogens (tertiary/aromatic N) is 5. The molecule has 1 saturated heterocycles. The van der Waals surface area contributed by atoms with Gasteiger partial charge in [-0.15, -0.1) is 0 Å². The Morgan fingerprint density at radius 2 is 1.83 bits per heavy atom. The Kier molecular flexibility index (Phi) is 5.87. The number of carbonyl (C=O) groups excluding carboxylic acids is 1. The first-order chi connectivity index (χ1) is 14.6. The molecule has 3 heterocycles. The summed E-state index contributed by atoms with van der Waals surface area (Å²) in [5.41, 5.74) is 0.660. The Bertz CT molecular complexity index is 1030. The maximum atomic E-state index is 13.9. The second-order valence-corrected chi connectivity index (χ2v) is 7.13. The minimum atomic E-state index is -1.09. The summed E-state index contributed by atoms with van der Waals surface area (Å²) in [6.07, 6.45) is 7.04. The maximum Gasteiger partial charge on any atom is 0.256 e. The number of benzene rings is 1. The number of aromatic nitrogens is 4. The van der Waals surface area contributed by atoms with Crippen molar-refractivity contribution in [1.29, 1.82) is 0 Å². The lowest BCUT2D eigenvalue weighted by Gasteiger charge is -2.32.